The van der Waals surface area contributed by atoms with E-state index in [1.54, 1.807) is 6.21 Å². The van der Waals surface area contributed by atoms with E-state index in [2.05, 4.69) is 43.4 Å². The third-order valence-corrected chi connectivity index (χ3v) is 4.09. The molecule has 0 aliphatic heterocycles. The van der Waals surface area contributed by atoms with E-state index < -0.39 is 0 Å². The summed E-state index contributed by atoms with van der Waals surface area (Å²) in [6, 6.07) is 13.9. The van der Waals surface area contributed by atoms with E-state index in [-0.39, 0.29) is 17.9 Å². The second-order valence-corrected chi connectivity index (χ2v) is 7.15. The van der Waals surface area contributed by atoms with Gasteiger partial charge < -0.3 is 4.74 Å². The van der Waals surface area contributed by atoms with Gasteiger partial charge >= 0.3 is 0 Å². The van der Waals surface area contributed by atoms with Gasteiger partial charge in [-0.1, -0.05) is 57.2 Å². The van der Waals surface area contributed by atoms with Crippen LogP contribution in [0.15, 0.2) is 47.6 Å². The molecule has 0 saturated carbocycles. The third kappa shape index (κ3) is 5.45. The Hall–Kier alpha value is -2.62. The minimum atomic E-state index is -0.288. The summed E-state index contributed by atoms with van der Waals surface area (Å²) in [4.78, 5) is 11.8. The van der Waals surface area contributed by atoms with Crippen LogP contribution in [0.5, 0.6) is 5.75 Å². The van der Waals surface area contributed by atoms with Gasteiger partial charge in [0.05, 0.1) is 6.21 Å². The monoisotopic (exact) mass is 338 g/mol. The number of nitrogens with one attached hydrogen (secondary N) is 1. The molecule has 0 saturated heterocycles. The highest BCUT2D eigenvalue weighted by Crippen LogP contribution is 2.22. The molecule has 1 N–H and O–H groups in total. The molecule has 1 amide bonds. The van der Waals surface area contributed by atoms with Crippen molar-refractivity contribution >= 4 is 12.1 Å². The molecular formula is C21H26N2O2. The molecule has 0 spiro atoms. The minimum Gasteiger partial charge on any atom is -0.483 e. The number of carbonyl (C=O) groups is 1. The molecule has 0 radical (unpaired) electrons. The molecule has 4 heteroatoms. The summed E-state index contributed by atoms with van der Waals surface area (Å²) in [6.45, 7) is 10.4. The van der Waals surface area contributed by atoms with Crippen LogP contribution >= 0.6 is 0 Å². The van der Waals surface area contributed by atoms with Crippen LogP contribution in [0.25, 0.3) is 0 Å². The van der Waals surface area contributed by atoms with Crippen LogP contribution < -0.4 is 10.2 Å². The van der Waals surface area contributed by atoms with Crippen molar-refractivity contribution in [1.82, 2.24) is 5.43 Å². The van der Waals surface area contributed by atoms with Crippen LogP contribution in [0.3, 0.4) is 0 Å². The number of rotatable bonds is 5. The molecule has 0 fully saturated rings. The first-order valence-corrected chi connectivity index (χ1v) is 8.39. The van der Waals surface area contributed by atoms with Gasteiger partial charge in [-0.15, -0.1) is 0 Å². The first-order chi connectivity index (χ1) is 11.8. The van der Waals surface area contributed by atoms with E-state index in [0.717, 1.165) is 22.4 Å². The molecule has 2 rings (SSSR count). The Morgan fingerprint density at radius 1 is 1.12 bits per heavy atom. The van der Waals surface area contributed by atoms with Crippen molar-refractivity contribution in [3.63, 3.8) is 0 Å². The van der Waals surface area contributed by atoms with Crippen molar-refractivity contribution in [2.45, 2.75) is 40.0 Å². The number of hydrogen-bond acceptors (Lipinski definition) is 3. The zero-order valence-electron chi connectivity index (χ0n) is 15.6. The molecule has 0 unspecified atom stereocenters. The number of aryl methyl sites for hydroxylation is 1. The molecule has 0 atom stereocenters. The summed E-state index contributed by atoms with van der Waals surface area (Å²) in [5.41, 5.74) is 6.97. The number of hydrogen-bond donors (Lipinski definition) is 1. The first-order valence-electron chi connectivity index (χ1n) is 8.39. The van der Waals surface area contributed by atoms with Gasteiger partial charge in [-0.3, -0.25) is 4.79 Å². The highest BCUT2D eigenvalue weighted by atomic mass is 16.5. The standard InChI is InChI=1S/C21H26N2O2/c1-15-7-6-8-19(16(15)2)25-14-20(24)23-22-13-17-9-11-18(12-10-17)21(3,4)5/h6-13H,14H2,1-5H3,(H,23,24)/b22-13+. The summed E-state index contributed by atoms with van der Waals surface area (Å²) >= 11 is 0. The van der Waals surface area contributed by atoms with E-state index in [4.69, 9.17) is 4.74 Å². The third-order valence-electron chi connectivity index (χ3n) is 4.09. The average Bonchev–Trinajstić information content (AvgIpc) is 2.56. The Balaban J connectivity index is 1.85. The van der Waals surface area contributed by atoms with E-state index in [1.165, 1.54) is 5.56 Å². The molecule has 0 aliphatic rings. The van der Waals surface area contributed by atoms with Gasteiger partial charge in [0.25, 0.3) is 5.91 Å². The maximum absolute atomic E-state index is 11.8. The topological polar surface area (TPSA) is 50.7 Å². The summed E-state index contributed by atoms with van der Waals surface area (Å²) in [7, 11) is 0. The number of hydrazone groups is 1. The predicted molar refractivity (Wildman–Crippen MR) is 102 cm³/mol. The normalized spacial score (nSPS) is 11.6. The Morgan fingerprint density at radius 3 is 2.44 bits per heavy atom. The molecule has 2 aromatic carbocycles. The molecule has 0 aliphatic carbocycles. The zero-order chi connectivity index (χ0) is 18.4. The lowest BCUT2D eigenvalue weighted by Gasteiger charge is -2.18. The molecule has 4 nitrogen and oxygen atoms in total. The summed E-state index contributed by atoms with van der Waals surface area (Å²) < 4.78 is 5.55. The number of ether oxygens (including phenoxy) is 1. The fourth-order valence-corrected chi connectivity index (χ4v) is 2.30. The SMILES string of the molecule is Cc1cccc(OCC(=O)N/N=C/c2ccc(C(C)(C)C)cc2)c1C. The highest BCUT2D eigenvalue weighted by molar-refractivity contribution is 5.83. The number of benzene rings is 2. The zero-order valence-corrected chi connectivity index (χ0v) is 15.6. The predicted octanol–water partition coefficient (Wildman–Crippen LogP) is 4.13. The summed E-state index contributed by atoms with van der Waals surface area (Å²) in [6.07, 6.45) is 1.63. The fraction of sp³-hybridized carbons (Fsp3) is 0.333. The molecule has 0 heterocycles. The van der Waals surface area contributed by atoms with E-state index in [9.17, 15) is 4.79 Å². The van der Waals surface area contributed by atoms with Crippen molar-refractivity contribution in [3.8, 4) is 5.75 Å². The lowest BCUT2D eigenvalue weighted by molar-refractivity contribution is -0.123. The van der Waals surface area contributed by atoms with Crippen molar-refractivity contribution < 1.29 is 9.53 Å². The molecule has 0 bridgehead atoms. The summed E-state index contributed by atoms with van der Waals surface area (Å²) in [5, 5.41) is 3.98. The Labute approximate surface area is 149 Å². The van der Waals surface area contributed by atoms with Crippen LogP contribution in [0.4, 0.5) is 0 Å². The van der Waals surface area contributed by atoms with Crippen molar-refractivity contribution in [3.05, 3.63) is 64.7 Å². The summed E-state index contributed by atoms with van der Waals surface area (Å²) in [5.74, 6) is 0.431. The highest BCUT2D eigenvalue weighted by Gasteiger charge is 2.12. The maximum Gasteiger partial charge on any atom is 0.277 e. The largest absolute Gasteiger partial charge is 0.483 e. The van der Waals surface area contributed by atoms with Crippen molar-refractivity contribution in [1.29, 1.82) is 0 Å². The van der Waals surface area contributed by atoms with Crippen LogP contribution in [0, 0.1) is 13.8 Å². The number of amides is 1. The van der Waals surface area contributed by atoms with E-state index in [0.29, 0.717) is 0 Å². The molecular weight excluding hydrogens is 312 g/mol. The van der Waals surface area contributed by atoms with Crippen LogP contribution in [-0.4, -0.2) is 18.7 Å². The average molecular weight is 338 g/mol. The van der Waals surface area contributed by atoms with Crippen molar-refractivity contribution in [2.75, 3.05) is 6.61 Å². The van der Waals surface area contributed by atoms with Gasteiger partial charge in [-0.2, -0.15) is 5.10 Å². The minimum absolute atomic E-state index is 0.0649. The van der Waals surface area contributed by atoms with E-state index in [1.807, 2.05) is 44.2 Å². The lowest BCUT2D eigenvalue weighted by Crippen LogP contribution is -2.24. The van der Waals surface area contributed by atoms with Gasteiger partial charge in [0.15, 0.2) is 6.61 Å². The Morgan fingerprint density at radius 2 is 1.80 bits per heavy atom. The second-order valence-electron chi connectivity index (χ2n) is 7.15. The van der Waals surface area contributed by atoms with Gasteiger partial charge in [-0.05, 0) is 47.6 Å². The van der Waals surface area contributed by atoms with Crippen LogP contribution in [0.2, 0.25) is 0 Å². The van der Waals surface area contributed by atoms with Crippen LogP contribution in [0.1, 0.15) is 43.0 Å². The van der Waals surface area contributed by atoms with Gasteiger partial charge in [0.2, 0.25) is 0 Å². The second kappa shape index (κ2) is 7.97. The lowest BCUT2D eigenvalue weighted by atomic mass is 9.87. The Bertz CT molecular complexity index is 756. The van der Waals surface area contributed by atoms with Gasteiger partial charge in [0.1, 0.15) is 5.75 Å². The van der Waals surface area contributed by atoms with Crippen LogP contribution in [-0.2, 0) is 10.2 Å². The van der Waals surface area contributed by atoms with E-state index >= 15 is 0 Å². The molecule has 132 valence electrons. The number of nitrogens with zero attached hydrogens (tertiary/aromatic N) is 1. The fourth-order valence-electron chi connectivity index (χ4n) is 2.30. The smallest absolute Gasteiger partial charge is 0.277 e. The maximum atomic E-state index is 11.8. The number of carbonyl (C=O) groups excluding carboxylic acids is 1. The molecule has 0 aromatic heterocycles. The Kier molecular flexibility index (Phi) is 5.97. The van der Waals surface area contributed by atoms with Gasteiger partial charge in [-0.25, -0.2) is 5.43 Å². The van der Waals surface area contributed by atoms with Crippen molar-refractivity contribution in [2.24, 2.45) is 5.10 Å². The molecule has 2 aromatic rings. The molecule has 25 heavy (non-hydrogen) atoms. The first kappa shape index (κ1) is 18.7. The van der Waals surface area contributed by atoms with Gasteiger partial charge in [0, 0.05) is 0 Å². The quantitative estimate of drug-likeness (QED) is 0.658.